The number of carbonyl (C=O) groups excluding carboxylic acids is 1. The first kappa shape index (κ1) is 21.7. The molecule has 0 aliphatic carbocycles. The molecule has 0 saturated carbocycles. The van der Waals surface area contributed by atoms with E-state index in [1.165, 1.54) is 12.1 Å². The van der Waals surface area contributed by atoms with Crippen LogP contribution in [0.3, 0.4) is 0 Å². The molecule has 0 aliphatic heterocycles. The minimum Gasteiger partial charge on any atom is -0.484 e. The first-order valence-corrected chi connectivity index (χ1v) is 9.07. The van der Waals surface area contributed by atoms with Gasteiger partial charge in [-0.05, 0) is 37.0 Å². The lowest BCUT2D eigenvalue weighted by Gasteiger charge is -2.14. The van der Waals surface area contributed by atoms with E-state index in [2.05, 4.69) is 10.3 Å². The highest BCUT2D eigenvalue weighted by molar-refractivity contribution is 5.85. The van der Waals surface area contributed by atoms with Gasteiger partial charge in [-0.1, -0.05) is 6.92 Å². The van der Waals surface area contributed by atoms with E-state index in [-0.39, 0.29) is 25.5 Å². The SMILES string of the molecule is CCc1cc(=O)oc2cc(OCC(=O)NC(CCCN=C(N)N)C(=O)O)ccc12. The molecule has 29 heavy (non-hydrogen) atoms. The minimum atomic E-state index is -1.16. The number of nitrogens with one attached hydrogen (secondary N) is 1. The van der Waals surface area contributed by atoms with Crippen LogP contribution in [0.4, 0.5) is 0 Å². The Balaban J connectivity index is 1.95. The maximum atomic E-state index is 12.0. The number of rotatable bonds is 10. The topological polar surface area (TPSA) is 170 Å². The smallest absolute Gasteiger partial charge is 0.336 e. The number of carbonyl (C=O) groups is 2. The molecule has 0 bridgehead atoms. The van der Waals surface area contributed by atoms with Crippen molar-refractivity contribution in [3.63, 3.8) is 0 Å². The molecule has 1 unspecified atom stereocenters. The number of nitrogens with zero attached hydrogens (tertiary/aromatic N) is 1. The number of hydrogen-bond acceptors (Lipinski definition) is 6. The van der Waals surface area contributed by atoms with Crippen LogP contribution >= 0.6 is 0 Å². The van der Waals surface area contributed by atoms with Crippen LogP contribution in [-0.2, 0) is 16.0 Å². The van der Waals surface area contributed by atoms with Crippen molar-refractivity contribution < 1.29 is 23.8 Å². The molecule has 0 radical (unpaired) electrons. The molecule has 1 atom stereocenters. The normalized spacial score (nSPS) is 11.6. The number of aliphatic carboxylic acids is 1. The van der Waals surface area contributed by atoms with Crippen molar-refractivity contribution in [3.05, 3.63) is 40.2 Å². The van der Waals surface area contributed by atoms with E-state index >= 15 is 0 Å². The fraction of sp³-hybridized carbons (Fsp3) is 0.368. The Bertz CT molecular complexity index is 965. The summed E-state index contributed by atoms with van der Waals surface area (Å²) in [5.41, 5.74) is 11.2. The Morgan fingerprint density at radius 1 is 1.31 bits per heavy atom. The largest absolute Gasteiger partial charge is 0.484 e. The number of carboxylic acid groups (broad SMARTS) is 1. The van der Waals surface area contributed by atoms with Gasteiger partial charge in [-0.2, -0.15) is 0 Å². The minimum absolute atomic E-state index is 0.0772. The van der Waals surface area contributed by atoms with Crippen molar-refractivity contribution in [1.82, 2.24) is 5.32 Å². The van der Waals surface area contributed by atoms with Crippen molar-refractivity contribution in [2.75, 3.05) is 13.2 Å². The molecule has 0 spiro atoms. The Morgan fingerprint density at radius 3 is 2.72 bits per heavy atom. The van der Waals surface area contributed by atoms with Gasteiger partial charge in [0.25, 0.3) is 5.91 Å². The number of carboxylic acids is 1. The number of aryl methyl sites for hydroxylation is 1. The van der Waals surface area contributed by atoms with Gasteiger partial charge < -0.3 is 31.0 Å². The Morgan fingerprint density at radius 2 is 2.07 bits per heavy atom. The van der Waals surface area contributed by atoms with Crippen LogP contribution < -0.4 is 27.1 Å². The third kappa shape index (κ3) is 6.52. The van der Waals surface area contributed by atoms with Gasteiger partial charge in [0.05, 0.1) is 0 Å². The van der Waals surface area contributed by atoms with Gasteiger partial charge in [-0.3, -0.25) is 9.79 Å². The first-order valence-electron chi connectivity index (χ1n) is 9.07. The van der Waals surface area contributed by atoms with Crippen LogP contribution in [0.1, 0.15) is 25.3 Å². The summed E-state index contributed by atoms with van der Waals surface area (Å²) in [5, 5.41) is 12.4. The van der Waals surface area contributed by atoms with E-state index in [0.717, 1.165) is 10.9 Å². The number of fused-ring (bicyclic) bond motifs is 1. The molecule has 0 aliphatic rings. The second-order valence-electron chi connectivity index (χ2n) is 6.30. The standard InChI is InChI=1S/C19H24N4O6/c1-2-11-8-17(25)29-15-9-12(5-6-13(11)15)28-10-16(24)23-14(18(26)27)4-3-7-22-19(20)21/h5-6,8-9,14H,2-4,7,10H2,1H3,(H,23,24)(H,26,27)(H4,20,21,22). The van der Waals surface area contributed by atoms with E-state index in [9.17, 15) is 19.5 Å². The van der Waals surface area contributed by atoms with Crippen molar-refractivity contribution in [2.45, 2.75) is 32.2 Å². The first-order chi connectivity index (χ1) is 13.8. The van der Waals surface area contributed by atoms with Gasteiger partial charge in [0.2, 0.25) is 0 Å². The monoisotopic (exact) mass is 404 g/mol. The van der Waals surface area contributed by atoms with Crippen LogP contribution in [0.15, 0.2) is 38.5 Å². The molecule has 0 fully saturated rings. The maximum absolute atomic E-state index is 12.0. The second kappa shape index (κ2) is 10.1. The number of amides is 1. The quantitative estimate of drug-likeness (QED) is 0.190. The molecule has 2 aromatic rings. The van der Waals surface area contributed by atoms with Crippen LogP contribution in [0.5, 0.6) is 5.75 Å². The molecule has 1 aromatic carbocycles. The van der Waals surface area contributed by atoms with Gasteiger partial charge in [0, 0.05) is 24.1 Å². The molecule has 2 rings (SSSR count). The summed E-state index contributed by atoms with van der Waals surface area (Å²) in [6.07, 6.45) is 1.22. The van der Waals surface area contributed by atoms with E-state index in [4.69, 9.17) is 20.6 Å². The molecule has 1 aromatic heterocycles. The summed E-state index contributed by atoms with van der Waals surface area (Å²) < 4.78 is 10.6. The molecule has 1 heterocycles. The fourth-order valence-corrected chi connectivity index (χ4v) is 2.74. The zero-order valence-corrected chi connectivity index (χ0v) is 16.0. The zero-order chi connectivity index (χ0) is 21.4. The third-order valence-corrected chi connectivity index (χ3v) is 4.13. The highest BCUT2D eigenvalue weighted by Crippen LogP contribution is 2.23. The van der Waals surface area contributed by atoms with Gasteiger partial charge in [-0.15, -0.1) is 0 Å². The molecule has 6 N–H and O–H groups in total. The van der Waals surface area contributed by atoms with Crippen molar-refractivity contribution in [1.29, 1.82) is 0 Å². The van der Waals surface area contributed by atoms with E-state index in [1.54, 1.807) is 12.1 Å². The zero-order valence-electron chi connectivity index (χ0n) is 16.0. The summed E-state index contributed by atoms with van der Waals surface area (Å²) in [5.74, 6) is -1.51. The second-order valence-corrected chi connectivity index (χ2v) is 6.30. The number of nitrogens with two attached hydrogens (primary N) is 2. The molecular weight excluding hydrogens is 380 g/mol. The predicted molar refractivity (Wildman–Crippen MR) is 107 cm³/mol. The Kier molecular flexibility index (Phi) is 7.58. The summed E-state index contributed by atoms with van der Waals surface area (Å²) in [4.78, 5) is 38.7. The highest BCUT2D eigenvalue weighted by atomic mass is 16.5. The third-order valence-electron chi connectivity index (χ3n) is 4.13. The lowest BCUT2D eigenvalue weighted by atomic mass is 10.1. The average Bonchev–Trinajstić information content (AvgIpc) is 2.67. The predicted octanol–water partition coefficient (Wildman–Crippen LogP) is 0.357. The summed E-state index contributed by atoms with van der Waals surface area (Å²) in [6, 6.07) is 5.28. The summed E-state index contributed by atoms with van der Waals surface area (Å²) >= 11 is 0. The molecule has 10 heteroatoms. The lowest BCUT2D eigenvalue weighted by molar-refractivity contribution is -0.142. The van der Waals surface area contributed by atoms with Crippen LogP contribution in [0.25, 0.3) is 11.0 Å². The fourth-order valence-electron chi connectivity index (χ4n) is 2.74. The van der Waals surface area contributed by atoms with E-state index < -0.39 is 23.5 Å². The van der Waals surface area contributed by atoms with Gasteiger partial charge in [0.15, 0.2) is 12.6 Å². The van der Waals surface area contributed by atoms with E-state index in [0.29, 0.717) is 24.2 Å². The van der Waals surface area contributed by atoms with Crippen molar-refractivity contribution in [2.24, 2.45) is 16.5 Å². The van der Waals surface area contributed by atoms with Crippen molar-refractivity contribution >= 4 is 28.8 Å². The van der Waals surface area contributed by atoms with Crippen LogP contribution in [0, 0.1) is 0 Å². The summed E-state index contributed by atoms with van der Waals surface area (Å²) in [7, 11) is 0. The van der Waals surface area contributed by atoms with Crippen molar-refractivity contribution in [3.8, 4) is 5.75 Å². The number of benzene rings is 1. The number of guanidine groups is 1. The molecule has 10 nitrogen and oxygen atoms in total. The van der Waals surface area contributed by atoms with Gasteiger partial charge in [0.1, 0.15) is 17.4 Å². The Labute approximate surface area is 166 Å². The average molecular weight is 404 g/mol. The lowest BCUT2D eigenvalue weighted by Crippen LogP contribution is -2.43. The Hall–Kier alpha value is -3.56. The van der Waals surface area contributed by atoms with Gasteiger partial charge in [-0.25, -0.2) is 9.59 Å². The molecule has 1 amide bonds. The molecule has 0 saturated heterocycles. The van der Waals surface area contributed by atoms with Crippen LogP contribution in [0.2, 0.25) is 0 Å². The number of hydrogen-bond donors (Lipinski definition) is 4. The van der Waals surface area contributed by atoms with E-state index in [1.807, 2.05) is 6.92 Å². The molecular formula is C19H24N4O6. The molecule has 156 valence electrons. The maximum Gasteiger partial charge on any atom is 0.336 e. The van der Waals surface area contributed by atoms with Crippen LogP contribution in [-0.4, -0.2) is 42.1 Å². The summed E-state index contributed by atoms with van der Waals surface area (Å²) in [6.45, 7) is 1.81. The number of ether oxygens (including phenoxy) is 1. The highest BCUT2D eigenvalue weighted by Gasteiger charge is 2.19. The number of aliphatic imine (C=N–C) groups is 1. The van der Waals surface area contributed by atoms with Gasteiger partial charge >= 0.3 is 11.6 Å².